The van der Waals surface area contributed by atoms with Crippen LogP contribution in [0.1, 0.15) is 85.0 Å². The number of hydrogen-bond acceptors (Lipinski definition) is 2. The molecule has 0 heterocycles. The van der Waals surface area contributed by atoms with Gasteiger partial charge in [-0.15, -0.1) is 0 Å². The fourth-order valence-electron chi connectivity index (χ4n) is 3.60. The number of hydrogen-bond donors (Lipinski definition) is 0. The summed E-state index contributed by atoms with van der Waals surface area (Å²) in [7, 11) is 0. The second-order valence-corrected chi connectivity index (χ2v) is 6.78. The summed E-state index contributed by atoms with van der Waals surface area (Å²) in [4.78, 5) is 11.4. The molecule has 1 saturated carbocycles. The standard InChI is InChI=1S/C18H32O2/c1-5-8-9-11-18(10-6-2)14-12-17(4,13-15-18)20-16(19)7-3/h7H,3,5-6,8-15H2,1-2,4H3. The Hall–Kier alpha value is -0.790. The summed E-state index contributed by atoms with van der Waals surface area (Å²) in [5.41, 5.74) is 0.233. The van der Waals surface area contributed by atoms with Crippen molar-refractivity contribution in [3.8, 4) is 0 Å². The SMILES string of the molecule is C=CC(=O)OC1(C)CCC(CCC)(CCCCC)CC1. The van der Waals surface area contributed by atoms with Gasteiger partial charge >= 0.3 is 5.97 Å². The highest BCUT2D eigenvalue weighted by atomic mass is 16.6. The topological polar surface area (TPSA) is 26.3 Å². The smallest absolute Gasteiger partial charge is 0.330 e. The fourth-order valence-corrected chi connectivity index (χ4v) is 3.60. The normalized spacial score (nSPS) is 29.9. The van der Waals surface area contributed by atoms with Gasteiger partial charge in [-0.1, -0.05) is 46.1 Å². The molecular weight excluding hydrogens is 248 g/mol. The Balaban J connectivity index is 2.57. The van der Waals surface area contributed by atoms with Crippen molar-refractivity contribution in [1.82, 2.24) is 0 Å². The summed E-state index contributed by atoms with van der Waals surface area (Å²) in [6.45, 7) is 10.1. The van der Waals surface area contributed by atoms with E-state index < -0.39 is 0 Å². The van der Waals surface area contributed by atoms with Crippen LogP contribution in [-0.4, -0.2) is 11.6 Å². The van der Waals surface area contributed by atoms with Gasteiger partial charge in [0.05, 0.1) is 0 Å². The van der Waals surface area contributed by atoms with E-state index in [1.54, 1.807) is 0 Å². The number of carbonyl (C=O) groups excluding carboxylic acids is 1. The van der Waals surface area contributed by atoms with Crippen molar-refractivity contribution in [1.29, 1.82) is 0 Å². The predicted octanol–water partition coefficient (Wildman–Crippen LogP) is 5.42. The van der Waals surface area contributed by atoms with E-state index in [-0.39, 0.29) is 11.6 Å². The number of unbranched alkanes of at least 4 members (excludes halogenated alkanes) is 2. The summed E-state index contributed by atoms with van der Waals surface area (Å²) in [5, 5.41) is 0. The molecule has 0 aliphatic heterocycles. The van der Waals surface area contributed by atoms with E-state index in [0.717, 1.165) is 12.8 Å². The second-order valence-electron chi connectivity index (χ2n) is 6.78. The predicted molar refractivity (Wildman–Crippen MR) is 84.6 cm³/mol. The van der Waals surface area contributed by atoms with Crippen LogP contribution in [0.2, 0.25) is 0 Å². The van der Waals surface area contributed by atoms with Gasteiger partial charge in [0.2, 0.25) is 0 Å². The maximum atomic E-state index is 11.4. The van der Waals surface area contributed by atoms with E-state index in [9.17, 15) is 4.79 Å². The average Bonchev–Trinajstić information content (AvgIpc) is 2.43. The maximum absolute atomic E-state index is 11.4. The molecule has 0 aromatic heterocycles. The lowest BCUT2D eigenvalue weighted by Gasteiger charge is -2.44. The van der Waals surface area contributed by atoms with Crippen LogP contribution in [0.3, 0.4) is 0 Å². The minimum absolute atomic E-state index is 0.271. The van der Waals surface area contributed by atoms with Gasteiger partial charge in [0.15, 0.2) is 0 Å². The molecule has 0 radical (unpaired) electrons. The van der Waals surface area contributed by atoms with Crippen molar-refractivity contribution in [3.63, 3.8) is 0 Å². The summed E-state index contributed by atoms with van der Waals surface area (Å²) in [6.07, 6.45) is 13.6. The minimum atomic E-state index is -0.276. The molecule has 1 rings (SSSR count). The van der Waals surface area contributed by atoms with Crippen LogP contribution in [0.4, 0.5) is 0 Å². The third kappa shape index (κ3) is 4.96. The van der Waals surface area contributed by atoms with Crippen LogP contribution in [0, 0.1) is 5.41 Å². The summed E-state index contributed by atoms with van der Waals surface area (Å²) < 4.78 is 5.57. The van der Waals surface area contributed by atoms with Crippen LogP contribution in [-0.2, 0) is 9.53 Å². The monoisotopic (exact) mass is 280 g/mol. The molecule has 0 N–H and O–H groups in total. The summed E-state index contributed by atoms with van der Waals surface area (Å²) in [5.74, 6) is -0.276. The van der Waals surface area contributed by atoms with Crippen molar-refractivity contribution in [2.24, 2.45) is 5.41 Å². The van der Waals surface area contributed by atoms with E-state index in [2.05, 4.69) is 27.4 Å². The third-order valence-electron chi connectivity index (χ3n) is 4.97. The number of rotatable bonds is 8. The first-order chi connectivity index (χ1) is 9.49. The highest BCUT2D eigenvalue weighted by molar-refractivity contribution is 5.81. The molecule has 1 aliphatic rings. The van der Waals surface area contributed by atoms with E-state index >= 15 is 0 Å². The molecular formula is C18H32O2. The molecule has 2 heteroatoms. The van der Waals surface area contributed by atoms with Crippen LogP contribution in [0.25, 0.3) is 0 Å². The lowest BCUT2D eigenvalue weighted by Crippen LogP contribution is -2.40. The number of esters is 1. The molecule has 0 spiro atoms. The Morgan fingerprint density at radius 3 is 2.25 bits per heavy atom. The highest BCUT2D eigenvalue weighted by Crippen LogP contribution is 2.48. The van der Waals surface area contributed by atoms with Crippen LogP contribution < -0.4 is 0 Å². The van der Waals surface area contributed by atoms with Gasteiger partial charge in [0, 0.05) is 6.08 Å². The van der Waals surface area contributed by atoms with Crippen molar-refractivity contribution in [3.05, 3.63) is 12.7 Å². The zero-order chi connectivity index (χ0) is 15.1. The molecule has 1 aliphatic carbocycles. The van der Waals surface area contributed by atoms with Crippen molar-refractivity contribution >= 4 is 5.97 Å². The van der Waals surface area contributed by atoms with E-state index in [1.165, 1.54) is 57.4 Å². The minimum Gasteiger partial charge on any atom is -0.456 e. The molecule has 0 unspecified atom stereocenters. The van der Waals surface area contributed by atoms with Gasteiger partial charge in [-0.2, -0.15) is 0 Å². The van der Waals surface area contributed by atoms with E-state index in [1.807, 2.05) is 0 Å². The molecule has 0 atom stereocenters. The van der Waals surface area contributed by atoms with E-state index in [4.69, 9.17) is 4.74 Å². The first-order valence-corrected chi connectivity index (χ1v) is 8.34. The third-order valence-corrected chi connectivity index (χ3v) is 4.97. The maximum Gasteiger partial charge on any atom is 0.330 e. The molecule has 1 fully saturated rings. The van der Waals surface area contributed by atoms with E-state index in [0.29, 0.717) is 5.41 Å². The molecule has 0 saturated heterocycles. The lowest BCUT2D eigenvalue weighted by atomic mass is 9.64. The van der Waals surface area contributed by atoms with Crippen LogP contribution in [0.5, 0.6) is 0 Å². The fraction of sp³-hybridized carbons (Fsp3) is 0.833. The largest absolute Gasteiger partial charge is 0.456 e. The Bertz CT molecular complexity index is 311. The van der Waals surface area contributed by atoms with Crippen LogP contribution in [0.15, 0.2) is 12.7 Å². The van der Waals surface area contributed by atoms with Crippen molar-refractivity contribution < 1.29 is 9.53 Å². The van der Waals surface area contributed by atoms with Gasteiger partial charge in [-0.05, 0) is 50.9 Å². The first kappa shape index (κ1) is 17.3. The Morgan fingerprint density at radius 1 is 1.10 bits per heavy atom. The van der Waals surface area contributed by atoms with Crippen molar-refractivity contribution in [2.75, 3.05) is 0 Å². The quantitative estimate of drug-likeness (QED) is 0.337. The second kappa shape index (κ2) is 7.85. The Kier molecular flexibility index (Phi) is 6.78. The van der Waals surface area contributed by atoms with Crippen molar-refractivity contribution in [2.45, 2.75) is 90.6 Å². The first-order valence-electron chi connectivity index (χ1n) is 8.34. The zero-order valence-electron chi connectivity index (χ0n) is 13.7. The zero-order valence-corrected chi connectivity index (χ0v) is 13.7. The van der Waals surface area contributed by atoms with Gasteiger partial charge in [-0.3, -0.25) is 0 Å². The van der Waals surface area contributed by atoms with Gasteiger partial charge in [0.1, 0.15) is 5.60 Å². The highest BCUT2D eigenvalue weighted by Gasteiger charge is 2.41. The molecule has 0 aromatic carbocycles. The van der Waals surface area contributed by atoms with Gasteiger partial charge in [-0.25, -0.2) is 4.79 Å². The molecule has 2 nitrogen and oxygen atoms in total. The Morgan fingerprint density at radius 2 is 1.75 bits per heavy atom. The molecule has 0 amide bonds. The lowest BCUT2D eigenvalue weighted by molar-refractivity contribution is -0.158. The number of ether oxygens (including phenoxy) is 1. The van der Waals surface area contributed by atoms with Gasteiger partial charge < -0.3 is 4.74 Å². The van der Waals surface area contributed by atoms with Gasteiger partial charge in [0.25, 0.3) is 0 Å². The molecule has 0 bridgehead atoms. The van der Waals surface area contributed by atoms with Crippen LogP contribution >= 0.6 is 0 Å². The molecule has 0 aromatic rings. The average molecular weight is 280 g/mol. The molecule has 20 heavy (non-hydrogen) atoms. The Labute approximate surface area is 125 Å². The summed E-state index contributed by atoms with van der Waals surface area (Å²) >= 11 is 0. The molecule has 116 valence electrons. The summed E-state index contributed by atoms with van der Waals surface area (Å²) in [6, 6.07) is 0. The number of carbonyl (C=O) groups is 1.